The smallest absolute Gasteiger partial charge is 0.312 e. The van der Waals surface area contributed by atoms with Crippen molar-refractivity contribution in [3.63, 3.8) is 0 Å². The summed E-state index contributed by atoms with van der Waals surface area (Å²) in [5.74, 6) is -0.334. The number of aliphatic carboxylic acids is 1. The predicted octanol–water partition coefficient (Wildman–Crippen LogP) is 2.54. The Morgan fingerprint density at radius 1 is 1.28 bits per heavy atom. The van der Waals surface area contributed by atoms with Crippen molar-refractivity contribution in [1.29, 1.82) is 0 Å². The lowest BCUT2D eigenvalue weighted by molar-refractivity contribution is -0.149. The molecule has 0 aromatic carbocycles. The fourth-order valence-corrected chi connectivity index (χ4v) is 5.28. The number of aryl methyl sites for hydroxylation is 1. The third-order valence-corrected chi connectivity index (χ3v) is 6.75. The van der Waals surface area contributed by atoms with E-state index in [0.29, 0.717) is 12.6 Å². The van der Waals surface area contributed by atoms with Gasteiger partial charge >= 0.3 is 5.97 Å². The fourth-order valence-electron chi connectivity index (χ4n) is 5.28. The summed E-state index contributed by atoms with van der Waals surface area (Å²) in [5, 5.41) is 10.1. The Kier molecular flexibility index (Phi) is 4.54. The maximum atomic E-state index is 12.2. The van der Waals surface area contributed by atoms with Crippen molar-refractivity contribution in [2.45, 2.75) is 51.6 Å². The molecule has 3 heterocycles. The van der Waals surface area contributed by atoms with Crippen LogP contribution in [0.15, 0.2) is 18.5 Å². The van der Waals surface area contributed by atoms with Crippen LogP contribution in [0.3, 0.4) is 0 Å². The van der Waals surface area contributed by atoms with Gasteiger partial charge in [-0.1, -0.05) is 19.3 Å². The molecule has 4 rings (SSSR count). The number of hydrogen-bond acceptors (Lipinski definition) is 4. The minimum Gasteiger partial charge on any atom is -0.481 e. The van der Waals surface area contributed by atoms with E-state index in [1.807, 2.05) is 12.4 Å². The summed E-state index contributed by atoms with van der Waals surface area (Å²) in [6.45, 7) is 6.20. The highest BCUT2D eigenvalue weighted by molar-refractivity contribution is 5.77. The van der Waals surface area contributed by atoms with Crippen LogP contribution in [0.2, 0.25) is 0 Å². The second-order valence-electron chi connectivity index (χ2n) is 8.35. The normalized spacial score (nSPS) is 31.3. The molecule has 5 heteroatoms. The summed E-state index contributed by atoms with van der Waals surface area (Å²) in [6.07, 6.45) is 10.2. The summed E-state index contributed by atoms with van der Waals surface area (Å²) < 4.78 is 0. The van der Waals surface area contributed by atoms with Gasteiger partial charge in [0.15, 0.2) is 0 Å². The Labute approximate surface area is 150 Å². The summed E-state index contributed by atoms with van der Waals surface area (Å²) in [5.41, 5.74) is 1.88. The van der Waals surface area contributed by atoms with Gasteiger partial charge in [0.1, 0.15) is 0 Å². The molecule has 1 N–H and O–H groups in total. The highest BCUT2D eigenvalue weighted by Crippen LogP contribution is 2.45. The summed E-state index contributed by atoms with van der Waals surface area (Å²) in [7, 11) is 0. The van der Waals surface area contributed by atoms with Crippen LogP contribution in [0, 0.1) is 18.3 Å². The van der Waals surface area contributed by atoms with Crippen LogP contribution in [-0.2, 0) is 11.3 Å². The molecule has 2 aliphatic heterocycles. The number of rotatable bonds is 4. The monoisotopic (exact) mass is 343 g/mol. The highest BCUT2D eigenvalue weighted by Gasteiger charge is 2.58. The van der Waals surface area contributed by atoms with Gasteiger partial charge in [0.2, 0.25) is 0 Å². The molecule has 1 aromatic rings. The molecule has 25 heavy (non-hydrogen) atoms. The van der Waals surface area contributed by atoms with E-state index in [1.165, 1.54) is 43.2 Å². The maximum Gasteiger partial charge on any atom is 0.312 e. The maximum absolute atomic E-state index is 12.2. The van der Waals surface area contributed by atoms with E-state index < -0.39 is 11.4 Å². The van der Waals surface area contributed by atoms with Gasteiger partial charge in [0, 0.05) is 57.1 Å². The third kappa shape index (κ3) is 3.08. The Morgan fingerprint density at radius 2 is 2.08 bits per heavy atom. The zero-order chi connectivity index (χ0) is 17.4. The summed E-state index contributed by atoms with van der Waals surface area (Å²) in [4.78, 5) is 21.2. The van der Waals surface area contributed by atoms with E-state index in [1.54, 1.807) is 0 Å². The first-order valence-electron chi connectivity index (χ1n) is 9.68. The number of likely N-dealkylation sites (tertiary alicyclic amines) is 2. The van der Waals surface area contributed by atoms with Gasteiger partial charge in [0.25, 0.3) is 0 Å². The van der Waals surface area contributed by atoms with Crippen LogP contribution < -0.4 is 0 Å². The van der Waals surface area contributed by atoms with Crippen LogP contribution >= 0.6 is 0 Å². The zero-order valence-electron chi connectivity index (χ0n) is 15.2. The lowest BCUT2D eigenvalue weighted by atomic mass is 9.81. The Balaban J connectivity index is 1.47. The van der Waals surface area contributed by atoms with Gasteiger partial charge in [-0.3, -0.25) is 19.6 Å². The average molecular weight is 343 g/mol. The molecule has 2 saturated heterocycles. The highest BCUT2D eigenvalue weighted by atomic mass is 16.4. The third-order valence-electron chi connectivity index (χ3n) is 6.75. The molecule has 1 aromatic heterocycles. The van der Waals surface area contributed by atoms with E-state index in [2.05, 4.69) is 27.8 Å². The number of carboxylic acids is 1. The quantitative estimate of drug-likeness (QED) is 0.910. The number of pyridine rings is 1. The van der Waals surface area contributed by atoms with Gasteiger partial charge in [-0.05, 0) is 37.0 Å². The van der Waals surface area contributed by atoms with E-state index in [4.69, 9.17) is 0 Å². The summed E-state index contributed by atoms with van der Waals surface area (Å²) >= 11 is 0. The van der Waals surface area contributed by atoms with Crippen molar-refractivity contribution < 1.29 is 9.90 Å². The average Bonchev–Trinajstić information content (AvgIpc) is 3.13. The molecule has 0 radical (unpaired) electrons. The second kappa shape index (κ2) is 6.69. The first-order chi connectivity index (χ1) is 12.1. The molecular weight excluding hydrogens is 314 g/mol. The molecule has 1 aliphatic carbocycles. The second-order valence-corrected chi connectivity index (χ2v) is 8.35. The molecule has 0 amide bonds. The Hall–Kier alpha value is -1.46. The number of carboxylic acid groups (broad SMARTS) is 1. The molecule has 3 fully saturated rings. The number of fused-ring (bicyclic) bond motifs is 1. The molecule has 0 unspecified atom stereocenters. The van der Waals surface area contributed by atoms with Gasteiger partial charge in [-0.15, -0.1) is 0 Å². The first-order valence-corrected chi connectivity index (χ1v) is 9.68. The van der Waals surface area contributed by atoms with Crippen molar-refractivity contribution in [3.05, 3.63) is 29.6 Å². The molecule has 3 aliphatic rings. The van der Waals surface area contributed by atoms with Crippen molar-refractivity contribution >= 4 is 5.97 Å². The predicted molar refractivity (Wildman–Crippen MR) is 96.3 cm³/mol. The Morgan fingerprint density at radius 3 is 2.76 bits per heavy atom. The minimum atomic E-state index is -0.593. The number of nitrogens with zero attached hydrogens (tertiary/aromatic N) is 3. The molecule has 1 saturated carbocycles. The van der Waals surface area contributed by atoms with E-state index in [0.717, 1.165) is 26.2 Å². The largest absolute Gasteiger partial charge is 0.481 e. The molecule has 0 bridgehead atoms. The van der Waals surface area contributed by atoms with Crippen LogP contribution in [0.4, 0.5) is 0 Å². The van der Waals surface area contributed by atoms with Crippen LogP contribution in [-0.4, -0.2) is 58.1 Å². The zero-order valence-corrected chi connectivity index (χ0v) is 15.2. The topological polar surface area (TPSA) is 56.7 Å². The van der Waals surface area contributed by atoms with Crippen LogP contribution in [0.1, 0.15) is 43.2 Å². The van der Waals surface area contributed by atoms with Gasteiger partial charge in [-0.2, -0.15) is 0 Å². The van der Waals surface area contributed by atoms with Gasteiger partial charge in [0.05, 0.1) is 5.41 Å². The van der Waals surface area contributed by atoms with Crippen molar-refractivity contribution in [2.24, 2.45) is 11.3 Å². The number of carbonyl (C=O) groups is 1. The van der Waals surface area contributed by atoms with Crippen LogP contribution in [0.5, 0.6) is 0 Å². The van der Waals surface area contributed by atoms with Gasteiger partial charge in [-0.25, -0.2) is 0 Å². The molecular formula is C20H29N3O2. The van der Waals surface area contributed by atoms with E-state index in [-0.39, 0.29) is 5.92 Å². The standard InChI is InChI=1S/C20H29N3O2/c1-15-9-21-8-7-16(15)10-22-11-17-12-23(18-5-3-2-4-6-18)14-20(17,13-22)19(24)25/h7-9,17-18H,2-6,10-14H2,1H3,(H,24,25)/t17-,20-/m0/s1. The lowest BCUT2D eigenvalue weighted by Crippen LogP contribution is -2.43. The number of hydrogen-bond donors (Lipinski definition) is 1. The molecule has 2 atom stereocenters. The Bertz CT molecular complexity index is 644. The van der Waals surface area contributed by atoms with Crippen molar-refractivity contribution in [2.75, 3.05) is 26.2 Å². The van der Waals surface area contributed by atoms with Crippen molar-refractivity contribution in [1.82, 2.24) is 14.8 Å². The molecule has 5 nitrogen and oxygen atoms in total. The minimum absolute atomic E-state index is 0.258. The van der Waals surface area contributed by atoms with E-state index in [9.17, 15) is 9.90 Å². The lowest BCUT2D eigenvalue weighted by Gasteiger charge is -2.33. The van der Waals surface area contributed by atoms with E-state index >= 15 is 0 Å². The van der Waals surface area contributed by atoms with Crippen LogP contribution in [0.25, 0.3) is 0 Å². The van der Waals surface area contributed by atoms with Crippen molar-refractivity contribution in [3.8, 4) is 0 Å². The fraction of sp³-hybridized carbons (Fsp3) is 0.700. The molecule has 136 valence electrons. The number of aromatic nitrogens is 1. The first kappa shape index (κ1) is 17.0. The molecule has 0 spiro atoms. The summed E-state index contributed by atoms with van der Waals surface area (Å²) in [6, 6.07) is 2.68. The SMILES string of the molecule is Cc1cnccc1CN1C[C@H]2CN(C3CCCCC3)C[C@@]2(C(=O)O)C1. The van der Waals surface area contributed by atoms with Gasteiger partial charge < -0.3 is 5.11 Å².